The third-order valence-electron chi connectivity index (χ3n) is 4.65. The highest BCUT2D eigenvalue weighted by Gasteiger charge is 2.12. The first kappa shape index (κ1) is 19.7. The second-order valence-corrected chi connectivity index (χ2v) is 6.81. The van der Waals surface area contributed by atoms with E-state index in [1.54, 1.807) is 7.05 Å². The van der Waals surface area contributed by atoms with E-state index in [0.717, 1.165) is 44.1 Å². The highest BCUT2D eigenvalue weighted by Crippen LogP contribution is 2.06. The van der Waals surface area contributed by atoms with E-state index < -0.39 is 0 Å². The van der Waals surface area contributed by atoms with Crippen molar-refractivity contribution in [3.05, 3.63) is 35.6 Å². The maximum absolute atomic E-state index is 13.0. The molecule has 0 spiro atoms. The van der Waals surface area contributed by atoms with Crippen molar-refractivity contribution in [1.82, 2.24) is 20.0 Å². The molecule has 0 atom stereocenters. The minimum Gasteiger partial charge on any atom is -0.356 e. The largest absolute Gasteiger partial charge is 0.356 e. The summed E-state index contributed by atoms with van der Waals surface area (Å²) in [5.41, 5.74) is 1.07. The summed E-state index contributed by atoms with van der Waals surface area (Å²) in [5, 5.41) is 3.43. The van der Waals surface area contributed by atoms with Crippen molar-refractivity contribution >= 4 is 5.96 Å². The molecule has 0 aliphatic carbocycles. The number of benzene rings is 1. The number of nitrogens with zero attached hydrogens (tertiary/aromatic N) is 4. The quantitative estimate of drug-likeness (QED) is 0.483. The number of likely N-dealkylation sites (N-methyl/N-ethyl adjacent to an activating group) is 1. The number of hydrogen-bond donors (Lipinski definition) is 1. The third-order valence-corrected chi connectivity index (χ3v) is 4.65. The lowest BCUT2D eigenvalue weighted by Crippen LogP contribution is -2.40. The standard InChI is InChI=1S/C19H32FN5/c1-21-19(24(3)16-17-6-8-18(20)9-7-17)22-10-4-12-25-13-5-11-23(2)14-15-25/h6-9H,4-5,10-16H2,1-3H3,(H,21,22). The van der Waals surface area contributed by atoms with Crippen molar-refractivity contribution in [2.24, 2.45) is 4.99 Å². The highest BCUT2D eigenvalue weighted by molar-refractivity contribution is 5.79. The van der Waals surface area contributed by atoms with Gasteiger partial charge in [-0.3, -0.25) is 4.99 Å². The average Bonchev–Trinajstić information content (AvgIpc) is 2.81. The molecule has 1 aromatic rings. The molecular weight excluding hydrogens is 317 g/mol. The predicted octanol–water partition coefficient (Wildman–Crippen LogP) is 1.86. The van der Waals surface area contributed by atoms with Crippen LogP contribution < -0.4 is 5.32 Å². The molecule has 2 rings (SSSR count). The Hall–Kier alpha value is -1.66. The predicted molar refractivity (Wildman–Crippen MR) is 102 cm³/mol. The van der Waals surface area contributed by atoms with E-state index in [4.69, 9.17) is 0 Å². The Bertz CT molecular complexity index is 531. The lowest BCUT2D eigenvalue weighted by atomic mass is 10.2. The molecule has 5 nitrogen and oxygen atoms in total. The van der Waals surface area contributed by atoms with Crippen LogP contribution in [0.2, 0.25) is 0 Å². The van der Waals surface area contributed by atoms with Gasteiger partial charge in [0, 0.05) is 40.3 Å². The molecule has 1 aromatic carbocycles. The zero-order valence-electron chi connectivity index (χ0n) is 15.8. The van der Waals surface area contributed by atoms with Crippen molar-refractivity contribution in [3.8, 4) is 0 Å². The zero-order chi connectivity index (χ0) is 18.1. The number of hydrogen-bond acceptors (Lipinski definition) is 3. The Morgan fingerprint density at radius 2 is 1.96 bits per heavy atom. The Balaban J connectivity index is 1.69. The molecular formula is C19H32FN5. The Kier molecular flexibility index (Phi) is 8.15. The molecule has 6 heteroatoms. The molecule has 25 heavy (non-hydrogen) atoms. The summed E-state index contributed by atoms with van der Waals surface area (Å²) in [6, 6.07) is 6.63. The van der Waals surface area contributed by atoms with Crippen LogP contribution in [0.1, 0.15) is 18.4 Å². The molecule has 0 aromatic heterocycles. The lowest BCUT2D eigenvalue weighted by molar-refractivity contribution is 0.273. The Labute approximate surface area is 151 Å². The number of aliphatic imine (C=N–C) groups is 1. The first-order chi connectivity index (χ1) is 12.1. The molecule has 1 aliphatic heterocycles. The van der Waals surface area contributed by atoms with Crippen molar-refractivity contribution in [2.75, 3.05) is 60.4 Å². The summed E-state index contributed by atoms with van der Waals surface area (Å²) >= 11 is 0. The second-order valence-electron chi connectivity index (χ2n) is 6.81. The van der Waals surface area contributed by atoms with Gasteiger partial charge in [-0.25, -0.2) is 4.39 Å². The summed E-state index contributed by atoms with van der Waals surface area (Å²) in [6.07, 6.45) is 2.36. The van der Waals surface area contributed by atoms with Gasteiger partial charge in [0.15, 0.2) is 5.96 Å². The average molecular weight is 349 g/mol. The number of guanidine groups is 1. The smallest absolute Gasteiger partial charge is 0.193 e. The molecule has 1 aliphatic rings. The van der Waals surface area contributed by atoms with Crippen LogP contribution in [-0.4, -0.2) is 81.1 Å². The fraction of sp³-hybridized carbons (Fsp3) is 0.632. The van der Waals surface area contributed by atoms with E-state index in [9.17, 15) is 4.39 Å². The van der Waals surface area contributed by atoms with E-state index in [2.05, 4.69) is 32.1 Å². The summed E-state index contributed by atoms with van der Waals surface area (Å²) in [7, 11) is 6.00. The van der Waals surface area contributed by atoms with E-state index in [-0.39, 0.29) is 5.82 Å². The van der Waals surface area contributed by atoms with Crippen LogP contribution >= 0.6 is 0 Å². The summed E-state index contributed by atoms with van der Waals surface area (Å²) < 4.78 is 13.0. The van der Waals surface area contributed by atoms with Gasteiger partial charge in [-0.2, -0.15) is 0 Å². The second kappa shape index (κ2) is 10.4. The monoisotopic (exact) mass is 349 g/mol. The van der Waals surface area contributed by atoms with Crippen LogP contribution in [0.3, 0.4) is 0 Å². The minimum absolute atomic E-state index is 0.200. The fourth-order valence-corrected chi connectivity index (χ4v) is 3.15. The topological polar surface area (TPSA) is 34.1 Å². The van der Waals surface area contributed by atoms with Crippen LogP contribution in [0.5, 0.6) is 0 Å². The van der Waals surface area contributed by atoms with Crippen molar-refractivity contribution in [3.63, 3.8) is 0 Å². The van der Waals surface area contributed by atoms with Gasteiger partial charge in [0.2, 0.25) is 0 Å². The van der Waals surface area contributed by atoms with E-state index >= 15 is 0 Å². The SMILES string of the molecule is CN=C(NCCCN1CCCN(C)CC1)N(C)Cc1ccc(F)cc1. The maximum Gasteiger partial charge on any atom is 0.193 e. The molecule has 1 N–H and O–H groups in total. The number of nitrogens with one attached hydrogen (secondary N) is 1. The van der Waals surface area contributed by atoms with Crippen LogP contribution in [0.25, 0.3) is 0 Å². The Morgan fingerprint density at radius 1 is 1.20 bits per heavy atom. The third kappa shape index (κ3) is 7.00. The lowest BCUT2D eigenvalue weighted by Gasteiger charge is -2.23. The number of halogens is 1. The zero-order valence-corrected chi connectivity index (χ0v) is 15.8. The molecule has 1 saturated heterocycles. The number of rotatable bonds is 6. The first-order valence-corrected chi connectivity index (χ1v) is 9.15. The molecule has 1 heterocycles. The van der Waals surface area contributed by atoms with Crippen LogP contribution in [0.15, 0.2) is 29.3 Å². The van der Waals surface area contributed by atoms with Gasteiger partial charge < -0.3 is 20.0 Å². The molecule has 140 valence electrons. The minimum atomic E-state index is -0.200. The molecule has 0 unspecified atom stereocenters. The van der Waals surface area contributed by atoms with E-state index in [1.165, 1.54) is 31.6 Å². The van der Waals surface area contributed by atoms with Crippen LogP contribution in [0.4, 0.5) is 4.39 Å². The van der Waals surface area contributed by atoms with E-state index in [0.29, 0.717) is 6.54 Å². The van der Waals surface area contributed by atoms with E-state index in [1.807, 2.05) is 19.2 Å². The van der Waals surface area contributed by atoms with Gasteiger partial charge in [-0.05, 0) is 57.2 Å². The van der Waals surface area contributed by atoms with Crippen molar-refractivity contribution in [1.29, 1.82) is 0 Å². The van der Waals surface area contributed by atoms with Gasteiger partial charge >= 0.3 is 0 Å². The Morgan fingerprint density at radius 3 is 2.68 bits per heavy atom. The molecule has 0 radical (unpaired) electrons. The highest BCUT2D eigenvalue weighted by atomic mass is 19.1. The molecule has 0 bridgehead atoms. The van der Waals surface area contributed by atoms with Gasteiger partial charge in [0.05, 0.1) is 0 Å². The van der Waals surface area contributed by atoms with Gasteiger partial charge in [0.1, 0.15) is 5.82 Å². The normalized spacial score (nSPS) is 17.4. The molecule has 0 amide bonds. The van der Waals surface area contributed by atoms with Crippen molar-refractivity contribution < 1.29 is 4.39 Å². The van der Waals surface area contributed by atoms with Gasteiger partial charge in [0.25, 0.3) is 0 Å². The van der Waals surface area contributed by atoms with Crippen molar-refractivity contribution in [2.45, 2.75) is 19.4 Å². The molecule has 1 fully saturated rings. The fourth-order valence-electron chi connectivity index (χ4n) is 3.15. The molecule has 0 saturated carbocycles. The summed E-state index contributed by atoms with van der Waals surface area (Å²) in [4.78, 5) is 11.4. The maximum atomic E-state index is 13.0. The van der Waals surface area contributed by atoms with Crippen LogP contribution in [-0.2, 0) is 6.54 Å². The van der Waals surface area contributed by atoms with Gasteiger partial charge in [-0.15, -0.1) is 0 Å². The first-order valence-electron chi connectivity index (χ1n) is 9.15. The van der Waals surface area contributed by atoms with Crippen LogP contribution in [0, 0.1) is 5.82 Å². The van der Waals surface area contributed by atoms with Gasteiger partial charge in [-0.1, -0.05) is 12.1 Å². The summed E-state index contributed by atoms with van der Waals surface area (Å²) in [5.74, 6) is 0.675. The summed E-state index contributed by atoms with van der Waals surface area (Å²) in [6.45, 7) is 7.47.